The van der Waals surface area contributed by atoms with Crippen LogP contribution in [0, 0.1) is 56.7 Å². The minimum absolute atomic E-state index is 0.0143. The molecule has 6 fully saturated rings. The average Bonchev–Trinajstić information content (AvgIpc) is 3.08. The summed E-state index contributed by atoms with van der Waals surface area (Å²) < 4.78 is 24.5. The van der Waals surface area contributed by atoms with E-state index in [1.165, 1.54) is 5.57 Å². The highest BCUT2D eigenvalue weighted by molar-refractivity contribution is 5.76. The van der Waals surface area contributed by atoms with Crippen LogP contribution in [0.25, 0.3) is 0 Å². The van der Waals surface area contributed by atoms with Gasteiger partial charge in [-0.05, 0) is 116 Å². The number of carboxylic acid groups (broad SMARTS) is 1. The normalized spacial score (nSPS) is 55.9. The van der Waals surface area contributed by atoms with Gasteiger partial charge in [0.2, 0.25) is 0 Å². The summed E-state index contributed by atoms with van der Waals surface area (Å²) >= 11 is 0. The molecule has 11 nitrogen and oxygen atoms in total. The standard InChI is InChI=1S/C41H66O11/c1-20-11-16-41(36(47)48)18-17-39(7)23(28(41)21(20)2)9-10-26-38(6)14-13-27(37(4,5)25(38)12-15-40(26,39)8)51-35-33(30(44)24(42)19-49-35)52-34-32(46)31(45)29(43)22(3)50-34/h9,20-22,24-35,42-46H,10-19H2,1-8H3,(H,47,48)/t20-,21+,22+,24+,25+,26-,27+,28+,29+,30+,31-,32-,33-,34+,35+,38+,39-,40-,41+/m1/s1. The van der Waals surface area contributed by atoms with Crippen LogP contribution in [0.4, 0.5) is 0 Å². The van der Waals surface area contributed by atoms with E-state index in [4.69, 9.17) is 18.9 Å². The third kappa shape index (κ3) is 5.48. The number of ether oxygens (including phenoxy) is 4. The van der Waals surface area contributed by atoms with Crippen LogP contribution in [0.2, 0.25) is 0 Å². The Morgan fingerprint density at radius 3 is 2.19 bits per heavy atom. The lowest BCUT2D eigenvalue weighted by molar-refractivity contribution is -0.364. The smallest absolute Gasteiger partial charge is 0.310 e. The minimum Gasteiger partial charge on any atom is -0.481 e. The first-order chi connectivity index (χ1) is 24.2. The summed E-state index contributed by atoms with van der Waals surface area (Å²) in [5.74, 6) is 1.05. The summed E-state index contributed by atoms with van der Waals surface area (Å²) in [4.78, 5) is 13.1. The number of aliphatic hydroxyl groups excluding tert-OH is 5. The molecule has 2 saturated heterocycles. The van der Waals surface area contributed by atoms with E-state index in [0.717, 1.165) is 57.8 Å². The molecular formula is C41H66O11. The van der Waals surface area contributed by atoms with Gasteiger partial charge in [0, 0.05) is 0 Å². The van der Waals surface area contributed by atoms with Gasteiger partial charge in [-0.2, -0.15) is 0 Å². The molecule has 4 saturated carbocycles. The zero-order chi connectivity index (χ0) is 37.9. The summed E-state index contributed by atoms with van der Waals surface area (Å²) in [7, 11) is 0. The molecule has 19 atom stereocenters. The lowest BCUT2D eigenvalue weighted by Crippen LogP contribution is -2.66. The van der Waals surface area contributed by atoms with Crippen molar-refractivity contribution in [3.8, 4) is 0 Å². The van der Waals surface area contributed by atoms with Crippen molar-refractivity contribution < 1.29 is 54.4 Å². The number of carboxylic acids is 1. The first-order valence-corrected chi connectivity index (χ1v) is 20.2. The molecule has 11 heteroatoms. The monoisotopic (exact) mass is 734 g/mol. The van der Waals surface area contributed by atoms with Gasteiger partial charge < -0.3 is 49.6 Å². The van der Waals surface area contributed by atoms with Crippen LogP contribution >= 0.6 is 0 Å². The Morgan fingerprint density at radius 2 is 1.50 bits per heavy atom. The molecule has 0 aromatic carbocycles. The van der Waals surface area contributed by atoms with Crippen molar-refractivity contribution in [3.05, 3.63) is 11.6 Å². The first-order valence-electron chi connectivity index (χ1n) is 20.2. The first kappa shape index (κ1) is 39.1. The molecule has 0 aromatic rings. The number of allylic oxidation sites excluding steroid dienone is 2. The van der Waals surface area contributed by atoms with Gasteiger partial charge in [0.15, 0.2) is 12.6 Å². The van der Waals surface area contributed by atoms with Gasteiger partial charge in [0.25, 0.3) is 0 Å². The Bertz CT molecular complexity index is 1400. The summed E-state index contributed by atoms with van der Waals surface area (Å²) in [6, 6.07) is 0. The maximum Gasteiger partial charge on any atom is 0.310 e. The summed E-state index contributed by atoms with van der Waals surface area (Å²) in [5, 5.41) is 63.6. The molecule has 2 heterocycles. The number of rotatable bonds is 5. The molecule has 7 rings (SSSR count). The molecule has 0 aromatic heterocycles. The summed E-state index contributed by atoms with van der Waals surface area (Å²) in [6.07, 6.45) is -1.14. The average molecular weight is 735 g/mol. The molecule has 5 aliphatic carbocycles. The van der Waals surface area contributed by atoms with Gasteiger partial charge in [-0.3, -0.25) is 4.79 Å². The SMILES string of the molecule is C[C@H]1[C@H](C)CC[C@]2(C(=O)O)CC[C@]3(C)C(=CC[C@@H]4[C@@]5(C)CC[C@H](O[C@@H]6OC[C@H](O)[C@H](O)[C@H]6O[C@@H]6O[C@@H](C)[C@H](O)[C@@H](O)[C@H]6O)C(C)(C)[C@@H]5CC[C@]43C)[C@H]12. The van der Waals surface area contributed by atoms with Gasteiger partial charge in [-0.1, -0.05) is 60.1 Å². The third-order valence-electron chi connectivity index (χ3n) is 17.2. The Labute approximate surface area is 309 Å². The number of hydrogen-bond acceptors (Lipinski definition) is 10. The number of aliphatic carboxylic acids is 1. The molecule has 0 radical (unpaired) electrons. The Morgan fingerprint density at radius 1 is 0.788 bits per heavy atom. The highest BCUT2D eigenvalue weighted by Gasteiger charge is 2.70. The number of hydrogen-bond donors (Lipinski definition) is 6. The van der Waals surface area contributed by atoms with E-state index in [0.29, 0.717) is 23.7 Å². The van der Waals surface area contributed by atoms with Crippen LogP contribution < -0.4 is 0 Å². The molecule has 52 heavy (non-hydrogen) atoms. The second-order valence-electron chi connectivity index (χ2n) is 19.6. The molecular weight excluding hydrogens is 668 g/mol. The highest BCUT2D eigenvalue weighted by Crippen LogP contribution is 2.76. The zero-order valence-corrected chi connectivity index (χ0v) is 32.5. The fraction of sp³-hybridized carbons (Fsp3) is 0.927. The fourth-order valence-corrected chi connectivity index (χ4v) is 13.5. The highest BCUT2D eigenvalue weighted by atomic mass is 16.8. The maximum absolute atomic E-state index is 13.1. The molecule has 0 amide bonds. The van der Waals surface area contributed by atoms with E-state index in [1.807, 2.05) is 0 Å². The largest absolute Gasteiger partial charge is 0.481 e. The van der Waals surface area contributed by atoms with Crippen molar-refractivity contribution in [2.75, 3.05) is 6.61 Å². The lowest BCUT2D eigenvalue weighted by atomic mass is 9.33. The van der Waals surface area contributed by atoms with Crippen LogP contribution in [-0.2, 0) is 23.7 Å². The van der Waals surface area contributed by atoms with E-state index >= 15 is 0 Å². The molecule has 0 spiro atoms. The van der Waals surface area contributed by atoms with E-state index in [-0.39, 0.29) is 40.3 Å². The second kappa shape index (κ2) is 13.2. The molecule has 296 valence electrons. The van der Waals surface area contributed by atoms with E-state index in [9.17, 15) is 35.4 Å². The molecule has 0 bridgehead atoms. The number of fused-ring (bicyclic) bond motifs is 7. The van der Waals surface area contributed by atoms with Crippen molar-refractivity contribution in [2.24, 2.45) is 56.7 Å². The van der Waals surface area contributed by atoms with Crippen molar-refractivity contribution in [3.63, 3.8) is 0 Å². The van der Waals surface area contributed by atoms with Crippen LogP contribution in [0.1, 0.15) is 113 Å². The van der Waals surface area contributed by atoms with Crippen LogP contribution in [0.15, 0.2) is 11.6 Å². The van der Waals surface area contributed by atoms with Crippen molar-refractivity contribution in [1.82, 2.24) is 0 Å². The number of aliphatic hydroxyl groups is 5. The van der Waals surface area contributed by atoms with Gasteiger partial charge in [0.05, 0.1) is 24.2 Å². The van der Waals surface area contributed by atoms with E-state index in [2.05, 4.69) is 54.5 Å². The maximum atomic E-state index is 13.1. The predicted molar refractivity (Wildman–Crippen MR) is 190 cm³/mol. The summed E-state index contributed by atoms with van der Waals surface area (Å²) in [5.41, 5.74) is 0.454. The van der Waals surface area contributed by atoms with Crippen molar-refractivity contribution in [1.29, 1.82) is 0 Å². The molecule has 0 unspecified atom stereocenters. The topological polar surface area (TPSA) is 175 Å². The Kier molecular flexibility index (Phi) is 9.94. The van der Waals surface area contributed by atoms with E-state index in [1.54, 1.807) is 6.92 Å². The molecule has 2 aliphatic heterocycles. The van der Waals surface area contributed by atoms with Crippen LogP contribution in [-0.4, -0.2) is 105 Å². The summed E-state index contributed by atoms with van der Waals surface area (Å²) in [6.45, 7) is 18.1. The van der Waals surface area contributed by atoms with Gasteiger partial charge in [-0.25, -0.2) is 0 Å². The van der Waals surface area contributed by atoms with Gasteiger partial charge in [0.1, 0.15) is 36.6 Å². The Balaban J connectivity index is 1.14. The molecule has 6 N–H and O–H groups in total. The lowest BCUT2D eigenvalue weighted by Gasteiger charge is -2.71. The zero-order valence-electron chi connectivity index (χ0n) is 32.5. The fourth-order valence-electron chi connectivity index (χ4n) is 13.5. The third-order valence-corrected chi connectivity index (χ3v) is 17.2. The van der Waals surface area contributed by atoms with Crippen LogP contribution in [0.3, 0.4) is 0 Å². The van der Waals surface area contributed by atoms with Crippen molar-refractivity contribution >= 4 is 5.97 Å². The second-order valence-corrected chi connectivity index (χ2v) is 19.6. The Hall–Kier alpha value is -1.15. The van der Waals surface area contributed by atoms with Crippen LogP contribution in [0.5, 0.6) is 0 Å². The minimum atomic E-state index is -1.58. The van der Waals surface area contributed by atoms with Gasteiger partial charge in [-0.15, -0.1) is 0 Å². The van der Waals surface area contributed by atoms with E-state index < -0.39 is 66.7 Å². The molecule has 7 aliphatic rings. The number of carbonyl (C=O) groups is 1. The predicted octanol–water partition coefficient (Wildman–Crippen LogP) is 4.40. The van der Waals surface area contributed by atoms with Gasteiger partial charge >= 0.3 is 5.97 Å². The quantitative estimate of drug-likeness (QED) is 0.175. The van der Waals surface area contributed by atoms with Crippen molar-refractivity contribution in [2.45, 2.75) is 175 Å².